The van der Waals surface area contributed by atoms with Gasteiger partial charge in [0.2, 0.25) is 0 Å². The van der Waals surface area contributed by atoms with Crippen molar-refractivity contribution in [2.24, 2.45) is 5.41 Å². The molecule has 10 heteroatoms. The van der Waals surface area contributed by atoms with E-state index in [-0.39, 0.29) is 23.0 Å². The maximum atomic E-state index is 13.2. The molecule has 3 aromatic rings. The van der Waals surface area contributed by atoms with Gasteiger partial charge in [-0.05, 0) is 24.3 Å². The van der Waals surface area contributed by atoms with Crippen LogP contribution in [0.25, 0.3) is 11.3 Å². The van der Waals surface area contributed by atoms with Crippen molar-refractivity contribution in [2.45, 2.75) is 40.2 Å². The third-order valence-corrected chi connectivity index (χ3v) is 5.35. The van der Waals surface area contributed by atoms with Gasteiger partial charge in [0.1, 0.15) is 11.5 Å². The molecule has 0 spiro atoms. The van der Waals surface area contributed by atoms with Gasteiger partial charge in [0, 0.05) is 31.8 Å². The van der Waals surface area contributed by atoms with Gasteiger partial charge in [0.15, 0.2) is 0 Å². The van der Waals surface area contributed by atoms with E-state index in [9.17, 15) is 14.4 Å². The third kappa shape index (κ3) is 5.42. The molecule has 3 aromatic heterocycles. The highest BCUT2D eigenvalue weighted by molar-refractivity contribution is 7.16. The first-order chi connectivity index (χ1) is 16.1. The minimum absolute atomic E-state index is 0.0281. The summed E-state index contributed by atoms with van der Waals surface area (Å²) in [4.78, 5) is 38.4. The molecule has 3 heterocycles. The Morgan fingerprint density at radius 1 is 1.32 bits per heavy atom. The van der Waals surface area contributed by atoms with Gasteiger partial charge < -0.3 is 15.0 Å². The number of pyridine rings is 1. The van der Waals surface area contributed by atoms with Gasteiger partial charge in [-0.2, -0.15) is 9.78 Å². The highest BCUT2D eigenvalue weighted by Gasteiger charge is 2.27. The zero-order valence-corrected chi connectivity index (χ0v) is 18.5. The molecule has 0 saturated heterocycles. The van der Waals surface area contributed by atoms with E-state index in [1.54, 1.807) is 26.8 Å². The molecule has 0 aromatic carbocycles. The molecule has 0 aliphatic carbocycles. The second-order valence-electron chi connectivity index (χ2n) is 7.58. The molecule has 0 bridgehead atoms. The predicted octanol–water partition coefficient (Wildman–Crippen LogP) is 4.20. The van der Waals surface area contributed by atoms with Gasteiger partial charge in [-0.3, -0.25) is 14.4 Å². The Bertz CT molecular complexity index is 1340. The fraction of sp³-hybridized carbons (Fsp3) is 0.333. The maximum absolute atomic E-state index is 13.2. The molecule has 8 nitrogen and oxygen atoms in total. The first kappa shape index (κ1) is 17.7. The van der Waals surface area contributed by atoms with Crippen molar-refractivity contribution in [1.82, 2.24) is 14.3 Å². The van der Waals surface area contributed by atoms with Crippen molar-refractivity contribution in [3.8, 4) is 11.3 Å². The molecule has 0 saturated carbocycles. The molecule has 31 heavy (non-hydrogen) atoms. The minimum Gasteiger partial charge on any atom is -0.481 e. The van der Waals surface area contributed by atoms with Gasteiger partial charge in [-0.1, -0.05) is 32.4 Å². The Labute approximate surface area is 193 Å². The zero-order valence-electron chi connectivity index (χ0n) is 21.0. The molecule has 3 rings (SSSR count). The molecule has 0 amide bonds. The molecular weight excluding hydrogens is 440 g/mol. The number of thiophene rings is 1. The SMILES string of the molecule is [2H]C([2H])(C(=O)O)C([2H])([2H])n1cccc(-c2cc(NCc3ccc(Cl)s3)n(C(=O)C(C)(C)C)n2)c1=O. The summed E-state index contributed by atoms with van der Waals surface area (Å²) in [5.74, 6) is -2.15. The van der Waals surface area contributed by atoms with Crippen molar-refractivity contribution in [2.75, 3.05) is 5.32 Å². The lowest BCUT2D eigenvalue weighted by molar-refractivity contribution is -0.137. The molecule has 0 aliphatic rings. The van der Waals surface area contributed by atoms with Gasteiger partial charge in [-0.25, -0.2) is 0 Å². The van der Waals surface area contributed by atoms with Crippen LogP contribution in [0.15, 0.2) is 41.3 Å². The fourth-order valence-electron chi connectivity index (χ4n) is 2.62. The van der Waals surface area contributed by atoms with Gasteiger partial charge >= 0.3 is 5.97 Å². The van der Waals surface area contributed by atoms with Crippen LogP contribution in [0.2, 0.25) is 4.34 Å². The summed E-state index contributed by atoms with van der Waals surface area (Å²) < 4.78 is 33.4. The Morgan fingerprint density at radius 3 is 2.68 bits per heavy atom. The standard InChI is InChI=1S/C21H23ClN4O4S/c1-21(2,3)20(30)26-17(23-12-13-6-7-16(22)31-13)11-15(24-26)14-5-4-9-25(19(14)29)10-8-18(27)28/h4-7,9,11,23H,8,10,12H2,1-3H3,(H,27,28)/i8D2,10D2. The number of aryl methyl sites for hydroxylation is 1. The van der Waals surface area contributed by atoms with E-state index in [1.165, 1.54) is 29.5 Å². The number of aromatic nitrogens is 3. The van der Waals surface area contributed by atoms with Crippen molar-refractivity contribution >= 4 is 40.6 Å². The summed E-state index contributed by atoms with van der Waals surface area (Å²) in [6.45, 7) is 2.22. The number of hydrogen-bond acceptors (Lipinski definition) is 6. The van der Waals surface area contributed by atoms with Crippen LogP contribution < -0.4 is 10.9 Å². The summed E-state index contributed by atoms with van der Waals surface area (Å²) in [5.41, 5.74) is -1.94. The molecule has 0 aliphatic heterocycles. The van der Waals surface area contributed by atoms with Crippen molar-refractivity contribution in [3.05, 3.63) is 56.1 Å². The lowest BCUT2D eigenvalue weighted by Gasteiger charge is -2.18. The van der Waals surface area contributed by atoms with Crippen LogP contribution in [-0.2, 0) is 17.8 Å². The van der Waals surface area contributed by atoms with Gasteiger partial charge in [-0.15, -0.1) is 11.3 Å². The summed E-state index contributed by atoms with van der Waals surface area (Å²) >= 11 is 7.33. The Balaban J connectivity index is 2.10. The number of nitrogens with zero attached hydrogens (tertiary/aromatic N) is 3. The van der Waals surface area contributed by atoms with Crippen LogP contribution in [0.3, 0.4) is 0 Å². The summed E-state index contributed by atoms with van der Waals surface area (Å²) in [7, 11) is 0. The quantitative estimate of drug-likeness (QED) is 0.540. The Hall–Kier alpha value is -2.91. The molecule has 0 radical (unpaired) electrons. The number of anilines is 1. The van der Waals surface area contributed by atoms with Crippen molar-refractivity contribution in [3.63, 3.8) is 0 Å². The number of nitrogens with one attached hydrogen (secondary N) is 1. The van der Waals surface area contributed by atoms with E-state index in [2.05, 4.69) is 10.4 Å². The average molecular weight is 467 g/mol. The van der Waals surface area contributed by atoms with E-state index < -0.39 is 29.8 Å². The number of carboxylic acid groups (broad SMARTS) is 1. The lowest BCUT2D eigenvalue weighted by atomic mass is 9.96. The highest BCUT2D eigenvalue weighted by Crippen LogP contribution is 2.26. The van der Waals surface area contributed by atoms with Crippen LogP contribution in [0.4, 0.5) is 5.82 Å². The minimum atomic E-state index is -3.40. The largest absolute Gasteiger partial charge is 0.481 e. The zero-order chi connectivity index (χ0) is 26.3. The van der Waals surface area contributed by atoms with E-state index in [0.717, 1.165) is 15.8 Å². The molecule has 0 atom stereocenters. The first-order valence-corrected chi connectivity index (χ1v) is 10.4. The molecule has 0 fully saturated rings. The second kappa shape index (κ2) is 9.07. The number of rotatable bonds is 7. The summed E-state index contributed by atoms with van der Waals surface area (Å²) in [6.07, 6.45) is -2.44. The van der Waals surface area contributed by atoms with Crippen LogP contribution in [-0.4, -0.2) is 31.3 Å². The Kier molecular flexibility index (Phi) is 5.19. The van der Waals surface area contributed by atoms with E-state index in [0.29, 0.717) is 15.4 Å². The third-order valence-electron chi connectivity index (χ3n) is 4.12. The molecule has 0 unspecified atom stereocenters. The first-order valence-electron chi connectivity index (χ1n) is 11.2. The van der Waals surface area contributed by atoms with Crippen LogP contribution >= 0.6 is 22.9 Å². The van der Waals surface area contributed by atoms with Crippen molar-refractivity contribution < 1.29 is 20.2 Å². The second-order valence-corrected chi connectivity index (χ2v) is 9.38. The molecular formula is C21H23ClN4O4S. The maximum Gasteiger partial charge on any atom is 0.305 e. The monoisotopic (exact) mass is 466 g/mol. The van der Waals surface area contributed by atoms with E-state index in [4.69, 9.17) is 22.2 Å². The Morgan fingerprint density at radius 2 is 2.06 bits per heavy atom. The average Bonchev–Trinajstić information content (AvgIpc) is 3.36. The molecule has 2 N–H and O–H groups in total. The van der Waals surface area contributed by atoms with Crippen molar-refractivity contribution in [1.29, 1.82) is 0 Å². The smallest absolute Gasteiger partial charge is 0.305 e. The van der Waals surface area contributed by atoms with Gasteiger partial charge in [0.05, 0.1) is 25.6 Å². The summed E-state index contributed by atoms with van der Waals surface area (Å²) in [6, 6.07) is 7.62. The predicted molar refractivity (Wildman–Crippen MR) is 121 cm³/mol. The summed E-state index contributed by atoms with van der Waals surface area (Å²) in [5, 5.41) is 16.5. The number of carboxylic acids is 1. The number of carbonyl (C=O) groups is 2. The normalized spacial score (nSPS) is 14.3. The highest BCUT2D eigenvalue weighted by atomic mass is 35.5. The number of halogens is 1. The lowest BCUT2D eigenvalue weighted by Crippen LogP contribution is -2.29. The van der Waals surface area contributed by atoms with Crippen LogP contribution in [0.1, 0.15) is 42.3 Å². The van der Waals surface area contributed by atoms with Crippen LogP contribution in [0, 0.1) is 5.41 Å². The van der Waals surface area contributed by atoms with Crippen LogP contribution in [0.5, 0.6) is 0 Å². The number of aliphatic carboxylic acids is 1. The fourth-order valence-corrected chi connectivity index (χ4v) is 3.65. The number of carbonyl (C=O) groups excluding carboxylic acids is 1. The topological polar surface area (TPSA) is 106 Å². The van der Waals surface area contributed by atoms with E-state index in [1.807, 2.05) is 6.07 Å². The number of hydrogen-bond donors (Lipinski definition) is 2. The van der Waals surface area contributed by atoms with E-state index >= 15 is 0 Å². The van der Waals surface area contributed by atoms with Gasteiger partial charge in [0.25, 0.3) is 11.5 Å². The molecule has 164 valence electrons.